The van der Waals surface area contributed by atoms with Crippen molar-refractivity contribution in [3.05, 3.63) is 115 Å². The minimum atomic E-state index is -4.27. The molecule has 0 aliphatic rings. The molecule has 4 rings (SSSR count). The second kappa shape index (κ2) is 14.6. The van der Waals surface area contributed by atoms with Crippen molar-refractivity contribution >= 4 is 21.0 Å². The minimum absolute atomic E-state index is 0.0885. The van der Waals surface area contributed by atoms with Crippen molar-refractivity contribution in [3.8, 4) is 5.75 Å². The molecule has 194 valence electrons. The fourth-order valence-corrected chi connectivity index (χ4v) is 6.17. The maximum absolute atomic E-state index is 10.4. The molecular formula is C31H34O4S2. The normalized spacial score (nSPS) is 11.0. The zero-order valence-electron chi connectivity index (χ0n) is 21.4. The lowest BCUT2D eigenvalue weighted by atomic mass is 10.2. The summed E-state index contributed by atoms with van der Waals surface area (Å²) in [7, 11) is -4.36. The highest BCUT2D eigenvalue weighted by atomic mass is 32.2. The molecule has 0 fully saturated rings. The zero-order chi connectivity index (χ0) is 26.5. The van der Waals surface area contributed by atoms with Gasteiger partial charge in [0.15, 0.2) is 14.7 Å². The van der Waals surface area contributed by atoms with Crippen molar-refractivity contribution < 1.29 is 17.7 Å². The molecule has 4 aromatic carbocycles. The first-order valence-electron chi connectivity index (χ1n) is 12.5. The average molecular weight is 535 g/mol. The Morgan fingerprint density at radius 3 is 1.68 bits per heavy atom. The predicted molar refractivity (Wildman–Crippen MR) is 150 cm³/mol. The fourth-order valence-electron chi connectivity index (χ4n) is 3.62. The first kappa shape index (κ1) is 28.5. The van der Waals surface area contributed by atoms with Crippen LogP contribution in [0.25, 0.3) is 0 Å². The van der Waals surface area contributed by atoms with Gasteiger partial charge in [0.2, 0.25) is 0 Å². The highest BCUT2D eigenvalue weighted by molar-refractivity contribution is 7.97. The molecule has 0 spiro atoms. The Morgan fingerprint density at radius 1 is 0.676 bits per heavy atom. The molecule has 0 aromatic heterocycles. The Morgan fingerprint density at radius 2 is 1.19 bits per heavy atom. The summed E-state index contributed by atoms with van der Waals surface area (Å²) in [4.78, 5) is 3.82. The highest BCUT2D eigenvalue weighted by Crippen LogP contribution is 2.31. The van der Waals surface area contributed by atoms with Crippen LogP contribution in [0.5, 0.6) is 5.75 Å². The first-order chi connectivity index (χ1) is 17.9. The van der Waals surface area contributed by atoms with Gasteiger partial charge in [0.25, 0.3) is 0 Å². The third kappa shape index (κ3) is 9.39. The second-order valence-electron chi connectivity index (χ2n) is 8.58. The van der Waals surface area contributed by atoms with E-state index >= 15 is 0 Å². The van der Waals surface area contributed by atoms with Crippen molar-refractivity contribution in [1.29, 1.82) is 0 Å². The first-order valence-corrected chi connectivity index (χ1v) is 15.1. The summed E-state index contributed by atoms with van der Waals surface area (Å²) in [6.07, 6.45) is 4.93. The van der Waals surface area contributed by atoms with Gasteiger partial charge < -0.3 is 9.29 Å². The second-order valence-corrected chi connectivity index (χ2v) is 12.0. The van der Waals surface area contributed by atoms with Crippen LogP contribution in [0, 0.1) is 6.92 Å². The SMILES string of the molecule is CCCCCCOc1ccc([S+](c2ccccc2)c2ccccc2)cc1.Cc1ccc(S(=O)(=O)[O-])cc1. The molecule has 6 heteroatoms. The summed E-state index contributed by atoms with van der Waals surface area (Å²) in [6, 6.07) is 35.9. The Balaban J connectivity index is 0.000000289. The van der Waals surface area contributed by atoms with Crippen LogP contribution >= 0.6 is 0 Å². The van der Waals surface area contributed by atoms with E-state index in [1.54, 1.807) is 12.1 Å². The number of hydrogen-bond acceptors (Lipinski definition) is 4. The standard InChI is InChI=1S/C24H27OS.C7H8O3S/c1-2-3-4-11-20-25-21-16-18-24(19-17-21)26(22-12-7-5-8-13-22)23-14-9-6-10-15-23;1-6-2-4-7(5-3-6)11(8,9)10/h5-10,12-19H,2-4,11,20H2,1H3;2-5H,1H3,(H,8,9,10)/q+1;/p-1. The summed E-state index contributed by atoms with van der Waals surface area (Å²) in [6.45, 7) is 4.86. The Kier molecular flexibility index (Phi) is 11.3. The number of hydrogen-bond donors (Lipinski definition) is 0. The lowest BCUT2D eigenvalue weighted by molar-refractivity contribution is 0.305. The molecule has 0 aliphatic carbocycles. The molecule has 0 heterocycles. The predicted octanol–water partition coefficient (Wildman–Crippen LogP) is 7.64. The monoisotopic (exact) mass is 534 g/mol. The van der Waals surface area contributed by atoms with Gasteiger partial charge in [0, 0.05) is 0 Å². The summed E-state index contributed by atoms with van der Waals surface area (Å²) in [5.74, 6) is 0.968. The van der Waals surface area contributed by atoms with Gasteiger partial charge in [-0.05, 0) is 74.0 Å². The lowest BCUT2D eigenvalue weighted by Gasteiger charge is -2.09. The van der Waals surface area contributed by atoms with E-state index < -0.39 is 10.1 Å². The third-order valence-electron chi connectivity index (χ3n) is 5.59. The summed E-state index contributed by atoms with van der Waals surface area (Å²) in [5.41, 5.74) is 0.928. The van der Waals surface area contributed by atoms with Gasteiger partial charge in [-0.1, -0.05) is 80.3 Å². The van der Waals surface area contributed by atoms with Gasteiger partial charge in [0.05, 0.1) is 22.4 Å². The molecule has 37 heavy (non-hydrogen) atoms. The van der Waals surface area contributed by atoms with Crippen LogP contribution in [0.1, 0.15) is 38.2 Å². The van der Waals surface area contributed by atoms with Crippen LogP contribution < -0.4 is 4.74 Å². The van der Waals surface area contributed by atoms with Gasteiger partial charge in [-0.2, -0.15) is 0 Å². The van der Waals surface area contributed by atoms with Crippen LogP contribution in [0.4, 0.5) is 0 Å². The van der Waals surface area contributed by atoms with Gasteiger partial charge in [-0.25, -0.2) is 8.42 Å². The smallest absolute Gasteiger partial charge is 0.166 e. The number of aryl methyl sites for hydroxylation is 1. The van der Waals surface area contributed by atoms with Crippen molar-refractivity contribution in [2.24, 2.45) is 0 Å². The van der Waals surface area contributed by atoms with Crippen molar-refractivity contribution in [3.63, 3.8) is 0 Å². The van der Waals surface area contributed by atoms with Gasteiger partial charge in [-0.15, -0.1) is 0 Å². The number of rotatable bonds is 10. The molecule has 0 N–H and O–H groups in total. The summed E-state index contributed by atoms with van der Waals surface area (Å²) >= 11 is 0. The van der Waals surface area contributed by atoms with Crippen LogP contribution in [0.3, 0.4) is 0 Å². The Bertz CT molecular complexity index is 1250. The molecule has 4 nitrogen and oxygen atoms in total. The molecule has 0 bridgehead atoms. The van der Waals surface area contributed by atoms with Gasteiger partial charge in [0.1, 0.15) is 15.9 Å². The minimum Gasteiger partial charge on any atom is -0.744 e. The molecule has 0 amide bonds. The van der Waals surface area contributed by atoms with Crippen molar-refractivity contribution in [2.75, 3.05) is 6.61 Å². The largest absolute Gasteiger partial charge is 0.744 e. The number of benzene rings is 4. The molecule has 0 saturated carbocycles. The van der Waals surface area contributed by atoms with E-state index in [4.69, 9.17) is 4.74 Å². The fraction of sp³-hybridized carbons (Fsp3) is 0.226. The highest BCUT2D eigenvalue weighted by Gasteiger charge is 2.28. The molecule has 0 saturated heterocycles. The maximum Gasteiger partial charge on any atom is 0.166 e. The molecule has 4 aromatic rings. The van der Waals surface area contributed by atoms with Gasteiger partial charge >= 0.3 is 0 Å². The molecular weight excluding hydrogens is 500 g/mol. The van der Waals surface area contributed by atoms with E-state index in [0.717, 1.165) is 24.3 Å². The topological polar surface area (TPSA) is 66.4 Å². The van der Waals surface area contributed by atoms with Crippen molar-refractivity contribution in [1.82, 2.24) is 0 Å². The van der Waals surface area contributed by atoms with Crippen LogP contribution in [-0.2, 0) is 21.0 Å². The van der Waals surface area contributed by atoms with Crippen LogP contribution in [0.15, 0.2) is 129 Å². The Hall–Kier alpha value is -3.06. The lowest BCUT2D eigenvalue weighted by Crippen LogP contribution is -2.04. The molecule has 0 atom stereocenters. The van der Waals surface area contributed by atoms with Crippen molar-refractivity contribution in [2.45, 2.75) is 59.1 Å². The molecule has 0 unspecified atom stereocenters. The maximum atomic E-state index is 10.4. The summed E-state index contributed by atoms with van der Waals surface area (Å²) < 4.78 is 37.1. The average Bonchev–Trinajstić information content (AvgIpc) is 2.91. The van der Waals surface area contributed by atoms with Crippen LogP contribution in [0.2, 0.25) is 0 Å². The zero-order valence-corrected chi connectivity index (χ0v) is 23.0. The number of ether oxygens (including phenoxy) is 1. The van der Waals surface area contributed by atoms with E-state index in [9.17, 15) is 13.0 Å². The molecule has 0 radical (unpaired) electrons. The summed E-state index contributed by atoms with van der Waals surface area (Å²) in [5, 5.41) is 0. The van der Waals surface area contributed by atoms with E-state index in [2.05, 4.69) is 91.9 Å². The van der Waals surface area contributed by atoms with Gasteiger partial charge in [-0.3, -0.25) is 0 Å². The van der Waals surface area contributed by atoms with E-state index in [-0.39, 0.29) is 15.8 Å². The van der Waals surface area contributed by atoms with E-state index in [1.807, 2.05) is 6.92 Å². The Labute approximate surface area is 224 Å². The quantitative estimate of drug-likeness (QED) is 0.119. The van der Waals surface area contributed by atoms with Crippen LogP contribution in [-0.4, -0.2) is 19.6 Å². The molecule has 0 aliphatic heterocycles. The van der Waals surface area contributed by atoms with E-state index in [0.29, 0.717) is 0 Å². The number of unbranched alkanes of at least 4 members (excludes halogenated alkanes) is 3. The third-order valence-corrected chi connectivity index (χ3v) is 8.67. The van der Waals surface area contributed by atoms with E-state index in [1.165, 1.54) is 46.1 Å².